The van der Waals surface area contributed by atoms with Gasteiger partial charge in [-0.2, -0.15) is 0 Å². The lowest BCUT2D eigenvalue weighted by atomic mass is 10.1. The SMILES string of the molecule is Cc1c(Br)c2cccc(F)c2c(=O)n1Cc1ccc[nH]1. The van der Waals surface area contributed by atoms with E-state index in [1.807, 2.05) is 19.1 Å². The van der Waals surface area contributed by atoms with Crippen LogP contribution < -0.4 is 5.56 Å². The normalized spacial score (nSPS) is 11.2. The van der Waals surface area contributed by atoms with Crippen LogP contribution in [0, 0.1) is 12.7 Å². The van der Waals surface area contributed by atoms with E-state index < -0.39 is 5.82 Å². The molecule has 0 spiro atoms. The van der Waals surface area contributed by atoms with Crippen molar-refractivity contribution in [3.8, 4) is 0 Å². The van der Waals surface area contributed by atoms with Gasteiger partial charge in [0.25, 0.3) is 5.56 Å². The van der Waals surface area contributed by atoms with E-state index in [4.69, 9.17) is 0 Å². The molecule has 3 nitrogen and oxygen atoms in total. The third-order valence-corrected chi connectivity index (χ3v) is 4.42. The summed E-state index contributed by atoms with van der Waals surface area (Å²) in [7, 11) is 0. The van der Waals surface area contributed by atoms with Crippen molar-refractivity contribution < 1.29 is 4.39 Å². The Kier molecular flexibility index (Phi) is 3.22. The monoisotopic (exact) mass is 334 g/mol. The number of benzene rings is 1. The highest BCUT2D eigenvalue weighted by Gasteiger charge is 2.15. The molecule has 0 fully saturated rings. The van der Waals surface area contributed by atoms with E-state index in [-0.39, 0.29) is 10.9 Å². The minimum Gasteiger partial charge on any atom is -0.364 e. The van der Waals surface area contributed by atoms with Gasteiger partial charge < -0.3 is 9.55 Å². The molecule has 1 aromatic carbocycles. The summed E-state index contributed by atoms with van der Waals surface area (Å²) >= 11 is 3.47. The molecule has 3 rings (SSSR count). The Hall–Kier alpha value is -1.88. The van der Waals surface area contributed by atoms with Crippen molar-refractivity contribution in [2.75, 3.05) is 0 Å². The van der Waals surface area contributed by atoms with Gasteiger partial charge in [-0.25, -0.2) is 4.39 Å². The smallest absolute Gasteiger partial charge is 0.262 e. The van der Waals surface area contributed by atoms with Gasteiger partial charge in [-0.05, 0) is 41.1 Å². The number of fused-ring (bicyclic) bond motifs is 1. The maximum Gasteiger partial charge on any atom is 0.262 e. The molecule has 0 aliphatic carbocycles. The van der Waals surface area contributed by atoms with Gasteiger partial charge in [-0.3, -0.25) is 4.79 Å². The van der Waals surface area contributed by atoms with Gasteiger partial charge in [0, 0.05) is 27.4 Å². The molecule has 5 heteroatoms. The van der Waals surface area contributed by atoms with Crippen LogP contribution in [-0.2, 0) is 6.54 Å². The number of rotatable bonds is 2. The molecule has 0 aliphatic heterocycles. The molecule has 0 aliphatic rings. The highest BCUT2D eigenvalue weighted by molar-refractivity contribution is 9.10. The summed E-state index contributed by atoms with van der Waals surface area (Å²) in [5, 5.41) is 0.728. The van der Waals surface area contributed by atoms with Gasteiger partial charge in [-0.15, -0.1) is 0 Å². The summed E-state index contributed by atoms with van der Waals surface area (Å²) < 4.78 is 16.3. The molecule has 2 heterocycles. The molecule has 0 unspecified atom stereocenters. The molecule has 0 atom stereocenters. The summed E-state index contributed by atoms with van der Waals surface area (Å²) in [6, 6.07) is 8.43. The maximum absolute atomic E-state index is 14.0. The lowest BCUT2D eigenvalue weighted by Crippen LogP contribution is -2.24. The fourth-order valence-corrected chi connectivity index (χ4v) is 2.90. The summed E-state index contributed by atoms with van der Waals surface area (Å²) in [4.78, 5) is 15.6. The van der Waals surface area contributed by atoms with Gasteiger partial charge in [0.1, 0.15) is 5.82 Å². The van der Waals surface area contributed by atoms with Crippen LogP contribution in [0.25, 0.3) is 10.8 Å². The molecule has 0 amide bonds. The van der Waals surface area contributed by atoms with Crippen LogP contribution in [0.3, 0.4) is 0 Å². The zero-order valence-electron chi connectivity index (χ0n) is 10.8. The number of H-pyrrole nitrogens is 1. The second kappa shape index (κ2) is 4.90. The van der Waals surface area contributed by atoms with Crippen molar-refractivity contribution in [1.82, 2.24) is 9.55 Å². The Labute approximate surface area is 123 Å². The van der Waals surface area contributed by atoms with E-state index in [0.29, 0.717) is 11.9 Å². The number of nitrogens with zero attached hydrogens (tertiary/aromatic N) is 1. The van der Waals surface area contributed by atoms with Crippen LogP contribution in [0.15, 0.2) is 45.8 Å². The van der Waals surface area contributed by atoms with Crippen molar-refractivity contribution in [3.05, 3.63) is 68.6 Å². The number of aromatic nitrogens is 2. The predicted molar refractivity (Wildman–Crippen MR) is 80.5 cm³/mol. The lowest BCUT2D eigenvalue weighted by Gasteiger charge is -2.13. The summed E-state index contributed by atoms with van der Waals surface area (Å²) in [6.07, 6.45) is 1.80. The fourth-order valence-electron chi connectivity index (χ4n) is 2.35. The number of halogens is 2. The first-order chi connectivity index (χ1) is 9.59. The zero-order valence-corrected chi connectivity index (χ0v) is 12.4. The molecule has 0 saturated carbocycles. The maximum atomic E-state index is 14.0. The van der Waals surface area contributed by atoms with Crippen LogP contribution in [0.5, 0.6) is 0 Å². The van der Waals surface area contributed by atoms with Gasteiger partial charge in [0.15, 0.2) is 0 Å². The molecule has 2 aromatic heterocycles. The Morgan fingerprint density at radius 2 is 2.10 bits per heavy atom. The van der Waals surface area contributed by atoms with E-state index in [1.54, 1.807) is 22.9 Å². The Bertz CT molecular complexity index is 837. The fraction of sp³-hybridized carbons (Fsp3) is 0.133. The Morgan fingerprint density at radius 3 is 2.80 bits per heavy atom. The first-order valence-corrected chi connectivity index (χ1v) is 6.98. The van der Waals surface area contributed by atoms with Crippen molar-refractivity contribution >= 4 is 26.7 Å². The van der Waals surface area contributed by atoms with E-state index in [1.165, 1.54) is 6.07 Å². The number of hydrogen-bond donors (Lipinski definition) is 1. The Balaban J connectivity index is 2.33. The number of hydrogen-bond acceptors (Lipinski definition) is 1. The van der Waals surface area contributed by atoms with Gasteiger partial charge in [0.05, 0.1) is 11.9 Å². The van der Waals surface area contributed by atoms with E-state index >= 15 is 0 Å². The van der Waals surface area contributed by atoms with Crippen LogP contribution in [0.2, 0.25) is 0 Å². The number of aromatic amines is 1. The van der Waals surface area contributed by atoms with Gasteiger partial charge in [-0.1, -0.05) is 12.1 Å². The van der Waals surface area contributed by atoms with Crippen LogP contribution in [0.4, 0.5) is 4.39 Å². The number of pyridine rings is 1. The molecule has 102 valence electrons. The zero-order chi connectivity index (χ0) is 14.3. The summed E-state index contributed by atoms with van der Waals surface area (Å²) in [5.41, 5.74) is 1.37. The van der Waals surface area contributed by atoms with E-state index in [2.05, 4.69) is 20.9 Å². The van der Waals surface area contributed by atoms with Crippen molar-refractivity contribution in [2.24, 2.45) is 0 Å². The van der Waals surface area contributed by atoms with Gasteiger partial charge in [0.2, 0.25) is 0 Å². The van der Waals surface area contributed by atoms with Crippen molar-refractivity contribution in [2.45, 2.75) is 13.5 Å². The standard InChI is InChI=1S/C15H12BrFN2O/c1-9-14(16)11-5-2-6-12(17)13(11)15(20)19(9)8-10-4-3-7-18-10/h2-7,18H,8H2,1H3. The van der Waals surface area contributed by atoms with Crippen LogP contribution in [0.1, 0.15) is 11.4 Å². The van der Waals surface area contributed by atoms with E-state index in [9.17, 15) is 9.18 Å². The molecule has 20 heavy (non-hydrogen) atoms. The minimum absolute atomic E-state index is 0.122. The van der Waals surface area contributed by atoms with Gasteiger partial charge >= 0.3 is 0 Å². The molecule has 0 saturated heterocycles. The first kappa shape index (κ1) is 13.1. The molecule has 3 aromatic rings. The second-order valence-electron chi connectivity index (χ2n) is 4.65. The Morgan fingerprint density at radius 1 is 1.30 bits per heavy atom. The molecule has 0 bridgehead atoms. The third kappa shape index (κ3) is 1.98. The molecule has 1 N–H and O–H groups in total. The molecular weight excluding hydrogens is 323 g/mol. The molecular formula is C15H12BrFN2O. The summed E-state index contributed by atoms with van der Waals surface area (Å²) in [5.74, 6) is -0.492. The average Bonchev–Trinajstić information content (AvgIpc) is 2.94. The van der Waals surface area contributed by atoms with E-state index in [0.717, 1.165) is 15.9 Å². The van der Waals surface area contributed by atoms with Crippen molar-refractivity contribution in [3.63, 3.8) is 0 Å². The highest BCUT2D eigenvalue weighted by Crippen LogP contribution is 2.26. The first-order valence-electron chi connectivity index (χ1n) is 6.19. The predicted octanol–water partition coefficient (Wildman–Crippen LogP) is 3.59. The minimum atomic E-state index is -0.492. The largest absolute Gasteiger partial charge is 0.364 e. The molecule has 0 radical (unpaired) electrons. The van der Waals surface area contributed by atoms with Crippen LogP contribution in [-0.4, -0.2) is 9.55 Å². The highest BCUT2D eigenvalue weighted by atomic mass is 79.9. The third-order valence-electron chi connectivity index (χ3n) is 3.42. The lowest BCUT2D eigenvalue weighted by molar-refractivity contribution is 0.634. The quantitative estimate of drug-likeness (QED) is 0.764. The summed E-state index contributed by atoms with van der Waals surface area (Å²) in [6.45, 7) is 2.24. The second-order valence-corrected chi connectivity index (χ2v) is 5.44. The van der Waals surface area contributed by atoms with Crippen LogP contribution >= 0.6 is 15.9 Å². The number of nitrogens with one attached hydrogen (secondary N) is 1. The average molecular weight is 335 g/mol. The topological polar surface area (TPSA) is 37.8 Å². The van der Waals surface area contributed by atoms with Crippen molar-refractivity contribution in [1.29, 1.82) is 0 Å².